The van der Waals surface area contributed by atoms with Crippen molar-refractivity contribution in [3.63, 3.8) is 0 Å². The molecule has 0 amide bonds. The molecule has 0 heterocycles. The molecule has 0 aromatic carbocycles. The standard InChI is InChI=1S/C11H20O5/c1-15-10(13)6-2-3-7-11(14)16-9-5-4-8-12/h12H,2-9H2,1H3. The Labute approximate surface area is 95.7 Å². The molecule has 0 radical (unpaired) electrons. The first-order valence-electron chi connectivity index (χ1n) is 5.54. The van der Waals surface area contributed by atoms with E-state index in [9.17, 15) is 9.59 Å². The largest absolute Gasteiger partial charge is 0.469 e. The van der Waals surface area contributed by atoms with E-state index in [1.807, 2.05) is 0 Å². The second-order valence-corrected chi connectivity index (χ2v) is 3.43. The third-order valence-electron chi connectivity index (χ3n) is 2.05. The maximum Gasteiger partial charge on any atom is 0.305 e. The molecule has 16 heavy (non-hydrogen) atoms. The zero-order valence-electron chi connectivity index (χ0n) is 9.74. The number of methoxy groups -OCH3 is 1. The molecule has 5 heteroatoms. The molecule has 5 nitrogen and oxygen atoms in total. The van der Waals surface area contributed by atoms with E-state index >= 15 is 0 Å². The van der Waals surface area contributed by atoms with Crippen molar-refractivity contribution in [2.24, 2.45) is 0 Å². The Balaban J connectivity index is 3.27. The van der Waals surface area contributed by atoms with Gasteiger partial charge in [-0.05, 0) is 25.7 Å². The Morgan fingerprint density at radius 3 is 2.19 bits per heavy atom. The van der Waals surface area contributed by atoms with Gasteiger partial charge >= 0.3 is 11.9 Å². The predicted molar refractivity (Wildman–Crippen MR) is 57.8 cm³/mol. The smallest absolute Gasteiger partial charge is 0.305 e. The Morgan fingerprint density at radius 2 is 1.62 bits per heavy atom. The summed E-state index contributed by atoms with van der Waals surface area (Å²) in [7, 11) is 1.34. The van der Waals surface area contributed by atoms with Gasteiger partial charge in [0, 0.05) is 19.4 Å². The summed E-state index contributed by atoms with van der Waals surface area (Å²) in [5.74, 6) is -0.501. The van der Waals surface area contributed by atoms with Gasteiger partial charge in [0.25, 0.3) is 0 Å². The van der Waals surface area contributed by atoms with E-state index in [2.05, 4.69) is 4.74 Å². The number of esters is 2. The van der Waals surface area contributed by atoms with Gasteiger partial charge in [-0.25, -0.2) is 0 Å². The molecule has 0 fully saturated rings. The fourth-order valence-corrected chi connectivity index (χ4v) is 1.11. The highest BCUT2D eigenvalue weighted by molar-refractivity contribution is 5.70. The van der Waals surface area contributed by atoms with E-state index in [0.29, 0.717) is 45.1 Å². The molecule has 0 atom stereocenters. The predicted octanol–water partition coefficient (Wildman–Crippen LogP) is 1.04. The number of aliphatic hydroxyl groups is 1. The minimum absolute atomic E-state index is 0.122. The van der Waals surface area contributed by atoms with Gasteiger partial charge in [0.1, 0.15) is 0 Å². The fraction of sp³-hybridized carbons (Fsp3) is 0.818. The summed E-state index contributed by atoms with van der Waals surface area (Å²) in [6.07, 6.45) is 3.27. The average molecular weight is 232 g/mol. The van der Waals surface area contributed by atoms with Crippen LogP contribution in [0.2, 0.25) is 0 Å². The van der Waals surface area contributed by atoms with Crippen molar-refractivity contribution >= 4 is 11.9 Å². The van der Waals surface area contributed by atoms with Crippen molar-refractivity contribution in [3.05, 3.63) is 0 Å². The number of rotatable bonds is 9. The zero-order chi connectivity index (χ0) is 12.2. The first kappa shape index (κ1) is 14.9. The van der Waals surface area contributed by atoms with Gasteiger partial charge in [0.15, 0.2) is 0 Å². The summed E-state index contributed by atoms with van der Waals surface area (Å²) in [5.41, 5.74) is 0. The van der Waals surface area contributed by atoms with Gasteiger partial charge in [-0.2, -0.15) is 0 Å². The van der Waals surface area contributed by atoms with Crippen LogP contribution in [0.5, 0.6) is 0 Å². The average Bonchev–Trinajstić information content (AvgIpc) is 2.30. The van der Waals surface area contributed by atoms with Crippen molar-refractivity contribution in [2.75, 3.05) is 20.3 Å². The molecule has 94 valence electrons. The first-order valence-corrected chi connectivity index (χ1v) is 5.54. The molecule has 0 aliphatic carbocycles. The SMILES string of the molecule is COC(=O)CCCCC(=O)OCCCCO. The zero-order valence-corrected chi connectivity index (χ0v) is 9.74. The second-order valence-electron chi connectivity index (χ2n) is 3.43. The molecular weight excluding hydrogens is 212 g/mol. The highest BCUT2D eigenvalue weighted by Crippen LogP contribution is 2.03. The lowest BCUT2D eigenvalue weighted by atomic mass is 10.2. The number of hydrogen-bond acceptors (Lipinski definition) is 5. The van der Waals surface area contributed by atoms with Crippen molar-refractivity contribution < 1.29 is 24.2 Å². The number of aliphatic hydroxyl groups excluding tert-OH is 1. The molecule has 0 aromatic rings. The third kappa shape index (κ3) is 9.45. The minimum atomic E-state index is -0.253. The molecule has 1 N–H and O–H groups in total. The normalized spacial score (nSPS) is 9.88. The Kier molecular flexibility index (Phi) is 9.70. The Bertz CT molecular complexity index is 203. The van der Waals surface area contributed by atoms with Crippen molar-refractivity contribution in [2.45, 2.75) is 38.5 Å². The molecule has 0 spiro atoms. The molecule has 0 saturated heterocycles. The molecule has 0 rings (SSSR count). The summed E-state index contributed by atoms with van der Waals surface area (Å²) in [4.78, 5) is 21.9. The van der Waals surface area contributed by atoms with Crippen LogP contribution in [0.15, 0.2) is 0 Å². The number of carbonyl (C=O) groups excluding carboxylic acids is 2. The Morgan fingerprint density at radius 1 is 1.00 bits per heavy atom. The van der Waals surface area contributed by atoms with Crippen molar-refractivity contribution in [1.29, 1.82) is 0 Å². The van der Waals surface area contributed by atoms with E-state index in [4.69, 9.17) is 9.84 Å². The second kappa shape index (κ2) is 10.4. The molecule has 0 aromatic heterocycles. The van der Waals surface area contributed by atoms with Crippen LogP contribution in [0.25, 0.3) is 0 Å². The number of ether oxygens (including phenoxy) is 2. The molecule has 0 unspecified atom stereocenters. The summed E-state index contributed by atoms with van der Waals surface area (Å²) in [6, 6.07) is 0. The third-order valence-corrected chi connectivity index (χ3v) is 2.05. The van der Waals surface area contributed by atoms with Gasteiger partial charge in [0.2, 0.25) is 0 Å². The summed E-state index contributed by atoms with van der Waals surface area (Å²) >= 11 is 0. The Hall–Kier alpha value is -1.10. The van der Waals surface area contributed by atoms with Crippen LogP contribution in [-0.4, -0.2) is 37.4 Å². The van der Waals surface area contributed by atoms with E-state index in [0.717, 1.165) is 0 Å². The van der Waals surface area contributed by atoms with Crippen molar-refractivity contribution in [3.8, 4) is 0 Å². The van der Waals surface area contributed by atoms with Crippen LogP contribution in [0, 0.1) is 0 Å². The highest BCUT2D eigenvalue weighted by Gasteiger charge is 2.04. The van der Waals surface area contributed by atoms with E-state index in [1.54, 1.807) is 0 Å². The first-order chi connectivity index (χ1) is 7.70. The van der Waals surface area contributed by atoms with Gasteiger partial charge in [-0.15, -0.1) is 0 Å². The maximum absolute atomic E-state index is 11.1. The van der Waals surface area contributed by atoms with Gasteiger partial charge in [-0.1, -0.05) is 0 Å². The lowest BCUT2D eigenvalue weighted by Gasteiger charge is -2.03. The topological polar surface area (TPSA) is 72.8 Å². The number of carbonyl (C=O) groups is 2. The molecule has 0 aliphatic heterocycles. The quantitative estimate of drug-likeness (QED) is 0.475. The van der Waals surface area contributed by atoms with E-state index < -0.39 is 0 Å². The molecule has 0 aliphatic rings. The highest BCUT2D eigenvalue weighted by atomic mass is 16.5. The van der Waals surface area contributed by atoms with Gasteiger partial charge in [-0.3, -0.25) is 9.59 Å². The van der Waals surface area contributed by atoms with Crippen LogP contribution in [0.4, 0.5) is 0 Å². The summed E-state index contributed by atoms with van der Waals surface area (Å²) in [6.45, 7) is 0.479. The fourth-order valence-electron chi connectivity index (χ4n) is 1.11. The van der Waals surface area contributed by atoms with Crippen LogP contribution >= 0.6 is 0 Å². The van der Waals surface area contributed by atoms with Crippen LogP contribution in [0.3, 0.4) is 0 Å². The van der Waals surface area contributed by atoms with Crippen LogP contribution in [-0.2, 0) is 19.1 Å². The van der Waals surface area contributed by atoms with Crippen LogP contribution < -0.4 is 0 Å². The van der Waals surface area contributed by atoms with E-state index in [1.165, 1.54) is 7.11 Å². The molecule has 0 saturated carbocycles. The maximum atomic E-state index is 11.1. The number of unbranched alkanes of at least 4 members (excludes halogenated alkanes) is 2. The molecule has 0 bridgehead atoms. The lowest BCUT2D eigenvalue weighted by molar-refractivity contribution is -0.145. The summed E-state index contributed by atoms with van der Waals surface area (Å²) < 4.78 is 9.38. The molecular formula is C11H20O5. The monoisotopic (exact) mass is 232 g/mol. The van der Waals surface area contributed by atoms with E-state index in [-0.39, 0.29) is 18.5 Å². The van der Waals surface area contributed by atoms with Gasteiger partial charge < -0.3 is 14.6 Å². The lowest BCUT2D eigenvalue weighted by Crippen LogP contribution is -2.06. The summed E-state index contributed by atoms with van der Waals surface area (Å²) in [5, 5.41) is 8.50. The minimum Gasteiger partial charge on any atom is -0.469 e. The van der Waals surface area contributed by atoms with Crippen molar-refractivity contribution in [1.82, 2.24) is 0 Å². The number of hydrogen-bond donors (Lipinski definition) is 1. The van der Waals surface area contributed by atoms with Crippen LogP contribution in [0.1, 0.15) is 38.5 Å². The van der Waals surface area contributed by atoms with Gasteiger partial charge in [0.05, 0.1) is 13.7 Å².